The monoisotopic (exact) mass is 289 g/mol. The van der Waals surface area contributed by atoms with Crippen molar-refractivity contribution in [3.8, 4) is 0 Å². The SMILES string of the molecule is CNN1CCC[C@@H]1c1cnc(Cl)c(Br)c1. The highest BCUT2D eigenvalue weighted by Crippen LogP contribution is 2.32. The first-order chi connectivity index (χ1) is 7.22. The molecule has 3 nitrogen and oxygen atoms in total. The Hall–Kier alpha value is -0.160. The summed E-state index contributed by atoms with van der Waals surface area (Å²) in [5.74, 6) is 0. The molecule has 1 aliphatic heterocycles. The van der Waals surface area contributed by atoms with Gasteiger partial charge in [0.15, 0.2) is 0 Å². The van der Waals surface area contributed by atoms with E-state index in [0.29, 0.717) is 11.2 Å². The summed E-state index contributed by atoms with van der Waals surface area (Å²) in [4.78, 5) is 4.16. The number of pyridine rings is 1. The minimum absolute atomic E-state index is 0.413. The standard InChI is InChI=1S/C10H13BrClN3/c1-13-15-4-2-3-9(15)7-5-8(11)10(12)14-6-7/h5-6,9,13H,2-4H2,1H3/t9-/m1/s1. The summed E-state index contributed by atoms with van der Waals surface area (Å²) in [5, 5.41) is 2.75. The van der Waals surface area contributed by atoms with Gasteiger partial charge in [-0.3, -0.25) is 5.43 Å². The Morgan fingerprint density at radius 2 is 2.47 bits per heavy atom. The lowest BCUT2D eigenvalue weighted by molar-refractivity contribution is 0.190. The second kappa shape index (κ2) is 4.78. The van der Waals surface area contributed by atoms with Gasteiger partial charge in [-0.25, -0.2) is 9.99 Å². The van der Waals surface area contributed by atoms with Crippen molar-refractivity contribution in [1.29, 1.82) is 0 Å². The summed E-state index contributed by atoms with van der Waals surface area (Å²) >= 11 is 9.27. The van der Waals surface area contributed by atoms with Crippen LogP contribution in [0.4, 0.5) is 0 Å². The maximum Gasteiger partial charge on any atom is 0.143 e. The minimum Gasteiger partial charge on any atom is -0.258 e. The number of nitrogens with zero attached hydrogens (tertiary/aromatic N) is 2. The number of hydrogen-bond donors (Lipinski definition) is 1. The average Bonchev–Trinajstić information content (AvgIpc) is 2.70. The minimum atomic E-state index is 0.413. The van der Waals surface area contributed by atoms with Crippen molar-refractivity contribution in [2.45, 2.75) is 18.9 Å². The van der Waals surface area contributed by atoms with Gasteiger partial charge in [0, 0.05) is 12.7 Å². The summed E-state index contributed by atoms with van der Waals surface area (Å²) in [6.07, 6.45) is 4.23. The predicted octanol–water partition coefficient (Wildman–Crippen LogP) is 2.77. The van der Waals surface area contributed by atoms with Crippen molar-refractivity contribution in [2.24, 2.45) is 0 Å². The number of hydrazine groups is 1. The molecule has 1 N–H and O–H groups in total. The van der Waals surface area contributed by atoms with Gasteiger partial charge >= 0.3 is 0 Å². The third-order valence-electron chi connectivity index (χ3n) is 2.74. The molecule has 0 amide bonds. The Balaban J connectivity index is 2.25. The van der Waals surface area contributed by atoms with Crippen molar-refractivity contribution in [2.75, 3.05) is 13.6 Å². The molecule has 0 aromatic carbocycles. The number of rotatable bonds is 2. The Kier molecular flexibility index (Phi) is 3.61. The van der Waals surface area contributed by atoms with Crippen LogP contribution in [0.2, 0.25) is 5.15 Å². The molecular formula is C10H13BrClN3. The molecule has 2 heterocycles. The Morgan fingerprint density at radius 3 is 3.13 bits per heavy atom. The van der Waals surface area contributed by atoms with Gasteiger partial charge in [0.2, 0.25) is 0 Å². The summed E-state index contributed by atoms with van der Waals surface area (Å²) in [5.41, 5.74) is 4.41. The summed E-state index contributed by atoms with van der Waals surface area (Å²) in [6.45, 7) is 1.08. The quantitative estimate of drug-likeness (QED) is 0.849. The van der Waals surface area contributed by atoms with Crippen molar-refractivity contribution in [1.82, 2.24) is 15.4 Å². The van der Waals surface area contributed by atoms with Gasteiger partial charge in [-0.1, -0.05) is 11.6 Å². The molecule has 1 aliphatic rings. The van der Waals surface area contributed by atoms with Gasteiger partial charge < -0.3 is 0 Å². The lowest BCUT2D eigenvalue weighted by Crippen LogP contribution is -2.34. The molecule has 1 aromatic rings. The first-order valence-electron chi connectivity index (χ1n) is 4.97. The highest BCUT2D eigenvalue weighted by molar-refractivity contribution is 9.10. The number of nitrogens with one attached hydrogen (secondary N) is 1. The number of aromatic nitrogens is 1. The Morgan fingerprint density at radius 1 is 1.67 bits per heavy atom. The van der Waals surface area contributed by atoms with Crippen LogP contribution in [0.5, 0.6) is 0 Å². The second-order valence-electron chi connectivity index (χ2n) is 3.62. The van der Waals surface area contributed by atoms with E-state index in [1.54, 1.807) is 0 Å². The summed E-state index contributed by atoms with van der Waals surface area (Å²) in [6, 6.07) is 2.46. The van der Waals surface area contributed by atoms with Gasteiger partial charge in [-0.15, -0.1) is 0 Å². The van der Waals surface area contributed by atoms with E-state index >= 15 is 0 Å². The zero-order valence-electron chi connectivity index (χ0n) is 8.50. The topological polar surface area (TPSA) is 28.2 Å². The molecule has 0 bridgehead atoms. The molecule has 0 saturated carbocycles. The molecule has 2 rings (SSSR count). The number of hydrogen-bond acceptors (Lipinski definition) is 3. The smallest absolute Gasteiger partial charge is 0.143 e. The molecule has 5 heteroatoms. The third kappa shape index (κ3) is 2.33. The zero-order chi connectivity index (χ0) is 10.8. The highest BCUT2D eigenvalue weighted by Gasteiger charge is 2.25. The maximum atomic E-state index is 5.87. The molecule has 82 valence electrons. The summed E-state index contributed by atoms with van der Waals surface area (Å²) in [7, 11) is 1.96. The van der Waals surface area contributed by atoms with E-state index in [2.05, 4.69) is 37.4 Å². The van der Waals surface area contributed by atoms with Gasteiger partial charge in [-0.2, -0.15) is 0 Å². The predicted molar refractivity (Wildman–Crippen MR) is 64.7 cm³/mol. The number of halogens is 2. The molecule has 1 saturated heterocycles. The average molecular weight is 291 g/mol. The van der Waals surface area contributed by atoms with Gasteiger partial charge in [0.25, 0.3) is 0 Å². The molecule has 1 aromatic heterocycles. The van der Waals surface area contributed by atoms with Crippen molar-refractivity contribution in [3.63, 3.8) is 0 Å². The molecule has 0 radical (unpaired) electrons. The van der Waals surface area contributed by atoms with Crippen LogP contribution in [0.15, 0.2) is 16.7 Å². The van der Waals surface area contributed by atoms with E-state index in [1.165, 1.54) is 12.0 Å². The van der Waals surface area contributed by atoms with Crippen LogP contribution in [0, 0.1) is 0 Å². The molecule has 1 fully saturated rings. The fraction of sp³-hybridized carbons (Fsp3) is 0.500. The zero-order valence-corrected chi connectivity index (χ0v) is 10.8. The summed E-state index contributed by atoms with van der Waals surface area (Å²) < 4.78 is 0.865. The van der Waals surface area contributed by atoms with Crippen molar-refractivity contribution >= 4 is 27.5 Å². The first-order valence-corrected chi connectivity index (χ1v) is 6.14. The lowest BCUT2D eigenvalue weighted by atomic mass is 10.1. The lowest BCUT2D eigenvalue weighted by Gasteiger charge is -2.23. The van der Waals surface area contributed by atoms with E-state index in [9.17, 15) is 0 Å². The molecule has 0 aliphatic carbocycles. The first kappa shape index (κ1) is 11.3. The van der Waals surface area contributed by atoms with Crippen LogP contribution in [-0.2, 0) is 0 Å². The van der Waals surface area contributed by atoms with Gasteiger partial charge in [0.1, 0.15) is 5.15 Å². The second-order valence-corrected chi connectivity index (χ2v) is 4.83. The van der Waals surface area contributed by atoms with E-state index in [-0.39, 0.29) is 0 Å². The third-order valence-corrected chi connectivity index (χ3v) is 3.88. The van der Waals surface area contributed by atoms with Gasteiger partial charge in [0.05, 0.1) is 10.5 Å². The molecule has 0 unspecified atom stereocenters. The van der Waals surface area contributed by atoms with Crippen LogP contribution in [-0.4, -0.2) is 23.6 Å². The Labute approximate surface area is 103 Å². The van der Waals surface area contributed by atoms with Crippen molar-refractivity contribution in [3.05, 3.63) is 27.5 Å². The highest BCUT2D eigenvalue weighted by atomic mass is 79.9. The maximum absolute atomic E-state index is 5.87. The van der Waals surface area contributed by atoms with Crippen LogP contribution < -0.4 is 5.43 Å². The normalized spacial score (nSPS) is 22.2. The molecule has 15 heavy (non-hydrogen) atoms. The largest absolute Gasteiger partial charge is 0.258 e. The van der Waals surface area contributed by atoms with Crippen LogP contribution in [0.1, 0.15) is 24.4 Å². The van der Waals surface area contributed by atoms with Crippen LogP contribution in [0.3, 0.4) is 0 Å². The molecular weight excluding hydrogens is 277 g/mol. The molecule has 1 atom stereocenters. The fourth-order valence-corrected chi connectivity index (χ4v) is 2.47. The van der Waals surface area contributed by atoms with Gasteiger partial charge in [-0.05, 0) is 47.4 Å². The van der Waals surface area contributed by atoms with Crippen LogP contribution >= 0.6 is 27.5 Å². The van der Waals surface area contributed by atoms with Crippen LogP contribution in [0.25, 0.3) is 0 Å². The van der Waals surface area contributed by atoms with Crippen molar-refractivity contribution < 1.29 is 0 Å². The van der Waals surface area contributed by atoms with E-state index < -0.39 is 0 Å². The van der Waals surface area contributed by atoms with E-state index in [1.807, 2.05) is 13.2 Å². The fourth-order valence-electron chi connectivity index (χ4n) is 2.00. The van der Waals surface area contributed by atoms with E-state index in [0.717, 1.165) is 17.4 Å². The van der Waals surface area contributed by atoms with E-state index in [4.69, 9.17) is 11.6 Å². The Bertz CT molecular complexity index is 359. The molecule has 0 spiro atoms.